The van der Waals surface area contributed by atoms with Crippen LogP contribution in [0.25, 0.3) is 0 Å². The van der Waals surface area contributed by atoms with Crippen molar-refractivity contribution in [2.75, 3.05) is 19.6 Å². The number of halogens is 1. The Labute approximate surface area is 130 Å². The average molecular weight is 309 g/mol. The molecule has 2 heterocycles. The zero-order valence-corrected chi connectivity index (χ0v) is 13.0. The van der Waals surface area contributed by atoms with Crippen molar-refractivity contribution in [3.8, 4) is 5.75 Å². The molecule has 0 bridgehead atoms. The van der Waals surface area contributed by atoms with E-state index in [0.29, 0.717) is 16.6 Å². The normalized spacial score (nSPS) is 26.5. The topological polar surface area (TPSA) is 43.8 Å². The molecule has 0 spiro atoms. The van der Waals surface area contributed by atoms with Gasteiger partial charge in [-0.3, -0.25) is 9.69 Å². The van der Waals surface area contributed by atoms with E-state index < -0.39 is 0 Å². The molecule has 2 atom stereocenters. The molecular formula is C16H21ClN2O2. The highest BCUT2D eigenvalue weighted by Gasteiger charge is 2.36. The number of nitrogens with zero attached hydrogens (tertiary/aromatic N) is 2. The number of phenols is 1. The second-order valence-electron chi connectivity index (χ2n) is 6.11. The van der Waals surface area contributed by atoms with Crippen LogP contribution in [0, 0.1) is 0 Å². The molecule has 5 heteroatoms. The van der Waals surface area contributed by atoms with Crippen LogP contribution >= 0.6 is 11.6 Å². The van der Waals surface area contributed by atoms with E-state index >= 15 is 0 Å². The van der Waals surface area contributed by atoms with Crippen LogP contribution in [0.4, 0.5) is 0 Å². The van der Waals surface area contributed by atoms with E-state index in [9.17, 15) is 9.90 Å². The molecule has 2 fully saturated rings. The minimum Gasteiger partial charge on any atom is -0.507 e. The molecule has 1 N–H and O–H groups in total. The van der Waals surface area contributed by atoms with Gasteiger partial charge in [0.2, 0.25) is 0 Å². The fourth-order valence-electron chi connectivity index (χ4n) is 3.47. The van der Waals surface area contributed by atoms with Gasteiger partial charge in [0, 0.05) is 30.2 Å². The van der Waals surface area contributed by atoms with E-state index in [1.165, 1.54) is 18.9 Å². The Morgan fingerprint density at radius 2 is 2.14 bits per heavy atom. The predicted molar refractivity (Wildman–Crippen MR) is 82.8 cm³/mol. The first-order chi connectivity index (χ1) is 10.1. The summed E-state index contributed by atoms with van der Waals surface area (Å²) in [5, 5.41) is 10.4. The predicted octanol–water partition coefficient (Wildman–Crippen LogP) is 2.74. The Balaban J connectivity index is 1.82. The number of hydrogen-bond acceptors (Lipinski definition) is 3. The van der Waals surface area contributed by atoms with Gasteiger partial charge in [-0.25, -0.2) is 0 Å². The quantitative estimate of drug-likeness (QED) is 0.867. The number of amides is 1. The van der Waals surface area contributed by atoms with Crippen molar-refractivity contribution >= 4 is 17.5 Å². The van der Waals surface area contributed by atoms with E-state index in [1.54, 1.807) is 12.1 Å². The Morgan fingerprint density at radius 1 is 1.33 bits per heavy atom. The molecule has 0 aromatic heterocycles. The summed E-state index contributed by atoms with van der Waals surface area (Å²) in [5.41, 5.74) is 0.304. The molecule has 4 nitrogen and oxygen atoms in total. The van der Waals surface area contributed by atoms with Crippen molar-refractivity contribution < 1.29 is 9.90 Å². The van der Waals surface area contributed by atoms with Gasteiger partial charge in [0.1, 0.15) is 5.75 Å². The highest BCUT2D eigenvalue weighted by atomic mass is 35.5. The van der Waals surface area contributed by atoms with Gasteiger partial charge < -0.3 is 10.0 Å². The van der Waals surface area contributed by atoms with Crippen molar-refractivity contribution in [2.45, 2.75) is 38.3 Å². The monoisotopic (exact) mass is 308 g/mol. The number of phenolic OH excluding ortho intramolecular Hbond substituents is 1. The van der Waals surface area contributed by atoms with Gasteiger partial charge in [-0.15, -0.1) is 0 Å². The third kappa shape index (κ3) is 2.87. The van der Waals surface area contributed by atoms with Crippen LogP contribution in [0.2, 0.25) is 5.02 Å². The highest BCUT2D eigenvalue weighted by molar-refractivity contribution is 6.31. The first kappa shape index (κ1) is 14.7. The summed E-state index contributed by atoms with van der Waals surface area (Å²) in [6.45, 7) is 4.87. The molecule has 2 unspecified atom stereocenters. The largest absolute Gasteiger partial charge is 0.507 e. The number of piperidine rings is 1. The molecule has 1 aromatic rings. The number of piperazine rings is 1. The van der Waals surface area contributed by atoms with Crippen LogP contribution in [0.5, 0.6) is 5.75 Å². The van der Waals surface area contributed by atoms with Crippen LogP contribution in [0.15, 0.2) is 18.2 Å². The molecule has 21 heavy (non-hydrogen) atoms. The van der Waals surface area contributed by atoms with Crippen LogP contribution < -0.4 is 0 Å². The Bertz CT molecular complexity index is 549. The molecule has 0 saturated carbocycles. The number of hydrogen-bond donors (Lipinski definition) is 1. The summed E-state index contributed by atoms with van der Waals surface area (Å²) in [6.07, 6.45) is 3.64. The average Bonchev–Trinajstić information content (AvgIpc) is 2.48. The molecule has 3 rings (SSSR count). The minimum absolute atomic E-state index is 0.00248. The first-order valence-electron chi connectivity index (χ1n) is 7.60. The molecule has 1 amide bonds. The Kier molecular flexibility index (Phi) is 4.09. The van der Waals surface area contributed by atoms with Crippen molar-refractivity contribution in [1.29, 1.82) is 0 Å². The Hall–Kier alpha value is -1.26. The molecule has 0 aliphatic carbocycles. The minimum atomic E-state index is -0.118. The highest BCUT2D eigenvalue weighted by Crippen LogP contribution is 2.28. The first-order valence-corrected chi connectivity index (χ1v) is 7.97. The zero-order chi connectivity index (χ0) is 15.0. The van der Waals surface area contributed by atoms with Gasteiger partial charge in [0.05, 0.1) is 5.56 Å². The number of benzene rings is 1. The van der Waals surface area contributed by atoms with Gasteiger partial charge in [-0.1, -0.05) is 18.0 Å². The van der Waals surface area contributed by atoms with Crippen LogP contribution in [0.1, 0.15) is 36.5 Å². The van der Waals surface area contributed by atoms with Gasteiger partial charge in [-0.05, 0) is 44.5 Å². The van der Waals surface area contributed by atoms with Crippen molar-refractivity contribution in [1.82, 2.24) is 9.80 Å². The molecule has 2 aliphatic heterocycles. The molecule has 2 aliphatic rings. The molecule has 2 saturated heterocycles. The summed E-state index contributed by atoms with van der Waals surface area (Å²) in [4.78, 5) is 17.1. The smallest absolute Gasteiger partial charge is 0.258 e. The molecule has 114 valence electrons. The SMILES string of the molecule is CC1CN2CCCCC2CN1C(=O)c1cc(Cl)ccc1O. The lowest BCUT2D eigenvalue weighted by atomic mass is 9.96. The zero-order valence-electron chi connectivity index (χ0n) is 12.3. The Morgan fingerprint density at radius 3 is 2.95 bits per heavy atom. The second kappa shape index (κ2) is 5.85. The fraction of sp³-hybridized carbons (Fsp3) is 0.562. The summed E-state index contributed by atoms with van der Waals surface area (Å²) in [5.74, 6) is -0.115. The number of carbonyl (C=O) groups excluding carboxylic acids is 1. The molecule has 0 radical (unpaired) electrons. The summed E-state index contributed by atoms with van der Waals surface area (Å²) >= 11 is 5.96. The van der Waals surface area contributed by atoms with E-state index in [2.05, 4.69) is 11.8 Å². The van der Waals surface area contributed by atoms with Gasteiger partial charge in [-0.2, -0.15) is 0 Å². The van der Waals surface area contributed by atoms with Gasteiger partial charge >= 0.3 is 0 Å². The number of fused-ring (bicyclic) bond motifs is 1. The van der Waals surface area contributed by atoms with Crippen LogP contribution in [-0.4, -0.2) is 52.5 Å². The van der Waals surface area contributed by atoms with Gasteiger partial charge in [0.15, 0.2) is 0 Å². The lowest BCUT2D eigenvalue weighted by Gasteiger charge is -2.47. The molecule has 1 aromatic carbocycles. The van der Waals surface area contributed by atoms with Crippen molar-refractivity contribution in [3.05, 3.63) is 28.8 Å². The maximum absolute atomic E-state index is 12.7. The maximum Gasteiger partial charge on any atom is 0.258 e. The lowest BCUT2D eigenvalue weighted by molar-refractivity contribution is 0.0150. The van der Waals surface area contributed by atoms with E-state index in [1.807, 2.05) is 4.90 Å². The second-order valence-corrected chi connectivity index (χ2v) is 6.55. The van der Waals surface area contributed by atoms with Crippen molar-refractivity contribution in [3.63, 3.8) is 0 Å². The van der Waals surface area contributed by atoms with Crippen LogP contribution in [-0.2, 0) is 0 Å². The maximum atomic E-state index is 12.7. The van der Waals surface area contributed by atoms with Crippen LogP contribution in [0.3, 0.4) is 0 Å². The fourth-order valence-corrected chi connectivity index (χ4v) is 3.64. The summed E-state index contributed by atoms with van der Waals surface area (Å²) in [6, 6.07) is 5.25. The molecular weight excluding hydrogens is 288 g/mol. The summed E-state index contributed by atoms with van der Waals surface area (Å²) in [7, 11) is 0. The van der Waals surface area contributed by atoms with E-state index in [0.717, 1.165) is 26.1 Å². The number of aromatic hydroxyl groups is 1. The lowest BCUT2D eigenvalue weighted by Crippen LogP contribution is -2.60. The third-order valence-electron chi connectivity index (χ3n) is 4.64. The van der Waals surface area contributed by atoms with Gasteiger partial charge in [0.25, 0.3) is 5.91 Å². The standard InChI is InChI=1S/C16H21ClN2O2/c1-11-9-18-7-3-2-4-13(18)10-19(11)16(21)14-8-12(17)5-6-15(14)20/h5-6,8,11,13,20H,2-4,7,9-10H2,1H3. The van der Waals surface area contributed by atoms with Crippen molar-refractivity contribution in [2.24, 2.45) is 0 Å². The third-order valence-corrected chi connectivity index (χ3v) is 4.87. The number of carbonyl (C=O) groups is 1. The van der Waals surface area contributed by atoms with E-state index in [-0.39, 0.29) is 17.7 Å². The van der Waals surface area contributed by atoms with E-state index in [4.69, 9.17) is 11.6 Å². The summed E-state index contributed by atoms with van der Waals surface area (Å²) < 4.78 is 0. The number of rotatable bonds is 1.